The van der Waals surface area contributed by atoms with Crippen LogP contribution in [0.25, 0.3) is 0 Å². The first-order chi connectivity index (χ1) is 8.33. The molecular formula is C14H22N2O. The van der Waals surface area contributed by atoms with Gasteiger partial charge in [0.25, 0.3) is 0 Å². The number of hydrogen-bond acceptors (Lipinski definition) is 2. The number of rotatable bonds is 2. The molecule has 2 heterocycles. The topological polar surface area (TPSA) is 40.2 Å². The van der Waals surface area contributed by atoms with Crippen molar-refractivity contribution in [3.05, 3.63) is 23.5 Å². The first kappa shape index (κ1) is 11.3. The number of nitrogens with zero attached hydrogens (tertiary/aromatic N) is 1. The van der Waals surface area contributed by atoms with Gasteiger partial charge in [-0.2, -0.15) is 0 Å². The summed E-state index contributed by atoms with van der Waals surface area (Å²) in [6, 6.07) is 0.273. The number of hydrogen-bond donors (Lipinski definition) is 1. The molecule has 1 saturated heterocycles. The standard InChI is InChI=1S/C14H22N2O/c15-14-3-1-2-12-9-16(10-13(12)14)8-11-4-6-17-7-5-11/h9-11,14H,1-8,15H2. The summed E-state index contributed by atoms with van der Waals surface area (Å²) in [4.78, 5) is 0. The van der Waals surface area contributed by atoms with Gasteiger partial charge in [0, 0.05) is 38.2 Å². The van der Waals surface area contributed by atoms with Crippen molar-refractivity contribution in [2.45, 2.75) is 44.7 Å². The summed E-state index contributed by atoms with van der Waals surface area (Å²) in [5, 5.41) is 0. The van der Waals surface area contributed by atoms with Gasteiger partial charge in [-0.1, -0.05) is 0 Å². The molecule has 2 aliphatic rings. The Kier molecular flexibility index (Phi) is 3.21. The predicted octanol–water partition coefficient (Wildman–Crippen LogP) is 2.25. The van der Waals surface area contributed by atoms with Gasteiger partial charge in [0.2, 0.25) is 0 Å². The lowest BCUT2D eigenvalue weighted by Crippen LogP contribution is -2.19. The number of ether oxygens (including phenoxy) is 1. The van der Waals surface area contributed by atoms with Crippen molar-refractivity contribution in [3.63, 3.8) is 0 Å². The fourth-order valence-corrected chi connectivity index (χ4v) is 3.12. The normalized spacial score (nSPS) is 25.8. The van der Waals surface area contributed by atoms with Crippen LogP contribution in [0.4, 0.5) is 0 Å². The molecule has 1 aromatic rings. The van der Waals surface area contributed by atoms with E-state index in [0.717, 1.165) is 32.1 Å². The molecule has 3 nitrogen and oxygen atoms in total. The lowest BCUT2D eigenvalue weighted by atomic mass is 9.92. The molecular weight excluding hydrogens is 212 g/mol. The van der Waals surface area contributed by atoms with Crippen LogP contribution in [-0.2, 0) is 17.7 Å². The molecule has 0 saturated carbocycles. The van der Waals surface area contributed by atoms with Gasteiger partial charge in [0.05, 0.1) is 0 Å². The van der Waals surface area contributed by atoms with Crippen LogP contribution < -0.4 is 5.73 Å². The van der Waals surface area contributed by atoms with Gasteiger partial charge in [-0.25, -0.2) is 0 Å². The van der Waals surface area contributed by atoms with Gasteiger partial charge in [-0.15, -0.1) is 0 Å². The van der Waals surface area contributed by atoms with E-state index in [0.29, 0.717) is 0 Å². The monoisotopic (exact) mass is 234 g/mol. The van der Waals surface area contributed by atoms with E-state index < -0.39 is 0 Å². The van der Waals surface area contributed by atoms with Gasteiger partial charge >= 0.3 is 0 Å². The second-order valence-corrected chi connectivity index (χ2v) is 5.49. The van der Waals surface area contributed by atoms with Gasteiger partial charge in [-0.3, -0.25) is 0 Å². The van der Waals surface area contributed by atoms with E-state index in [2.05, 4.69) is 17.0 Å². The fourth-order valence-electron chi connectivity index (χ4n) is 3.12. The van der Waals surface area contributed by atoms with E-state index in [1.54, 1.807) is 0 Å². The molecule has 94 valence electrons. The highest BCUT2D eigenvalue weighted by Gasteiger charge is 2.20. The van der Waals surface area contributed by atoms with E-state index in [9.17, 15) is 0 Å². The van der Waals surface area contributed by atoms with Crippen LogP contribution >= 0.6 is 0 Å². The Morgan fingerprint density at radius 2 is 2.06 bits per heavy atom. The summed E-state index contributed by atoms with van der Waals surface area (Å²) >= 11 is 0. The minimum Gasteiger partial charge on any atom is -0.381 e. The first-order valence-electron chi connectivity index (χ1n) is 6.85. The maximum Gasteiger partial charge on any atom is 0.0469 e. The summed E-state index contributed by atoms with van der Waals surface area (Å²) in [6.45, 7) is 3.01. The third-order valence-corrected chi connectivity index (χ3v) is 4.17. The molecule has 1 aliphatic carbocycles. The second-order valence-electron chi connectivity index (χ2n) is 5.49. The summed E-state index contributed by atoms with van der Waals surface area (Å²) in [5.41, 5.74) is 9.03. The number of aryl methyl sites for hydroxylation is 1. The molecule has 3 heteroatoms. The first-order valence-corrected chi connectivity index (χ1v) is 6.85. The maximum absolute atomic E-state index is 6.16. The Labute approximate surface area is 103 Å². The lowest BCUT2D eigenvalue weighted by Gasteiger charge is -2.22. The Bertz CT molecular complexity index is 380. The van der Waals surface area contributed by atoms with Crippen LogP contribution in [-0.4, -0.2) is 17.8 Å². The molecule has 1 unspecified atom stereocenters. The SMILES string of the molecule is NC1CCCc2cn(CC3CCOCC3)cc21. The molecule has 2 N–H and O–H groups in total. The third-order valence-electron chi connectivity index (χ3n) is 4.17. The van der Waals surface area contributed by atoms with Crippen LogP contribution in [0.1, 0.15) is 42.9 Å². The summed E-state index contributed by atoms with van der Waals surface area (Å²) < 4.78 is 7.77. The van der Waals surface area contributed by atoms with Gasteiger partial charge in [-0.05, 0) is 49.1 Å². The Balaban J connectivity index is 1.71. The molecule has 0 radical (unpaired) electrons. The number of fused-ring (bicyclic) bond motifs is 1. The quantitative estimate of drug-likeness (QED) is 0.852. The lowest BCUT2D eigenvalue weighted by molar-refractivity contribution is 0.0613. The minimum atomic E-state index is 0.273. The third kappa shape index (κ3) is 2.40. The van der Waals surface area contributed by atoms with E-state index in [-0.39, 0.29) is 6.04 Å². The smallest absolute Gasteiger partial charge is 0.0469 e. The summed E-state index contributed by atoms with van der Waals surface area (Å²) in [5.74, 6) is 0.786. The Morgan fingerprint density at radius 3 is 2.82 bits per heavy atom. The second kappa shape index (κ2) is 4.83. The van der Waals surface area contributed by atoms with Crippen LogP contribution in [0.3, 0.4) is 0 Å². The minimum absolute atomic E-state index is 0.273. The number of nitrogens with two attached hydrogens (primary N) is 1. The van der Waals surface area contributed by atoms with Crippen molar-refractivity contribution in [1.29, 1.82) is 0 Å². The van der Waals surface area contributed by atoms with E-state index in [1.165, 1.54) is 36.8 Å². The van der Waals surface area contributed by atoms with Crippen molar-refractivity contribution < 1.29 is 4.74 Å². The predicted molar refractivity (Wildman–Crippen MR) is 67.8 cm³/mol. The van der Waals surface area contributed by atoms with Gasteiger partial charge < -0.3 is 15.0 Å². The average Bonchev–Trinajstić information content (AvgIpc) is 2.74. The highest BCUT2D eigenvalue weighted by Crippen LogP contribution is 2.29. The molecule has 17 heavy (non-hydrogen) atoms. The van der Waals surface area contributed by atoms with Crippen molar-refractivity contribution >= 4 is 0 Å². The Hall–Kier alpha value is -0.800. The van der Waals surface area contributed by atoms with Crippen LogP contribution in [0.15, 0.2) is 12.4 Å². The van der Waals surface area contributed by atoms with Crippen molar-refractivity contribution in [2.75, 3.05) is 13.2 Å². The molecule has 0 spiro atoms. The van der Waals surface area contributed by atoms with Gasteiger partial charge in [0.15, 0.2) is 0 Å². The van der Waals surface area contributed by atoms with E-state index >= 15 is 0 Å². The molecule has 1 aliphatic heterocycles. The van der Waals surface area contributed by atoms with Crippen molar-refractivity contribution in [2.24, 2.45) is 11.7 Å². The van der Waals surface area contributed by atoms with Crippen molar-refractivity contribution in [3.8, 4) is 0 Å². The number of aromatic nitrogens is 1. The van der Waals surface area contributed by atoms with Crippen molar-refractivity contribution in [1.82, 2.24) is 4.57 Å². The molecule has 1 atom stereocenters. The maximum atomic E-state index is 6.16. The molecule has 1 fully saturated rings. The zero-order valence-corrected chi connectivity index (χ0v) is 10.4. The zero-order chi connectivity index (χ0) is 11.7. The summed E-state index contributed by atoms with van der Waals surface area (Å²) in [6.07, 6.45) is 10.6. The highest BCUT2D eigenvalue weighted by molar-refractivity contribution is 5.29. The fraction of sp³-hybridized carbons (Fsp3) is 0.714. The average molecular weight is 234 g/mol. The summed E-state index contributed by atoms with van der Waals surface area (Å²) in [7, 11) is 0. The van der Waals surface area contributed by atoms with Crippen LogP contribution in [0.5, 0.6) is 0 Å². The largest absolute Gasteiger partial charge is 0.381 e. The molecule has 1 aromatic heterocycles. The molecule has 0 bridgehead atoms. The zero-order valence-electron chi connectivity index (χ0n) is 10.4. The van der Waals surface area contributed by atoms with Crippen LogP contribution in [0.2, 0.25) is 0 Å². The van der Waals surface area contributed by atoms with E-state index in [4.69, 9.17) is 10.5 Å². The van der Waals surface area contributed by atoms with Crippen LogP contribution in [0, 0.1) is 5.92 Å². The molecule has 0 amide bonds. The highest BCUT2D eigenvalue weighted by atomic mass is 16.5. The van der Waals surface area contributed by atoms with Gasteiger partial charge in [0.1, 0.15) is 0 Å². The van der Waals surface area contributed by atoms with E-state index in [1.807, 2.05) is 0 Å². The molecule has 0 aromatic carbocycles. The molecule has 3 rings (SSSR count). The Morgan fingerprint density at radius 1 is 1.24 bits per heavy atom.